The molecule has 0 fully saturated rings. The van der Waals surface area contributed by atoms with Crippen LogP contribution in [0.3, 0.4) is 0 Å². The van der Waals surface area contributed by atoms with E-state index in [4.69, 9.17) is 10.6 Å². The summed E-state index contributed by atoms with van der Waals surface area (Å²) in [7, 11) is 0. The van der Waals surface area contributed by atoms with Crippen LogP contribution < -0.4 is 10.6 Å². The molecule has 3 heterocycles. The Kier molecular flexibility index (Phi) is 4.35. The minimum atomic E-state index is -4.65. The number of halogens is 3. The van der Waals surface area contributed by atoms with E-state index in [1.807, 2.05) is 0 Å². The lowest BCUT2D eigenvalue weighted by molar-refractivity contribution is -0.137. The molecule has 0 amide bonds. The Morgan fingerprint density at radius 2 is 1.78 bits per heavy atom. The molecule has 27 heavy (non-hydrogen) atoms. The van der Waals surface area contributed by atoms with Crippen molar-refractivity contribution in [2.24, 2.45) is 0 Å². The highest BCUT2D eigenvalue weighted by Crippen LogP contribution is 2.35. The van der Waals surface area contributed by atoms with E-state index in [1.54, 1.807) is 0 Å². The molecule has 0 aliphatic carbocycles. The number of rotatable bonds is 3. The van der Waals surface area contributed by atoms with Gasteiger partial charge in [0.2, 0.25) is 11.8 Å². The number of nitrogens with zero attached hydrogens (tertiary/aromatic N) is 3. The number of carbonyl (C=O) groups is 1. The third-order valence-electron chi connectivity index (χ3n) is 3.47. The molecule has 0 aromatic carbocycles. The third kappa shape index (κ3) is 3.47. The van der Waals surface area contributed by atoms with Crippen LogP contribution in [0.2, 0.25) is 0 Å². The summed E-state index contributed by atoms with van der Waals surface area (Å²) in [6.45, 7) is 0. The molecule has 3 rings (SSSR count). The number of alkyl halides is 3. The second-order valence-electron chi connectivity index (χ2n) is 5.25. The highest BCUT2D eigenvalue weighted by molar-refractivity contribution is 5.94. The average molecular weight is 380 g/mol. The molecule has 0 bridgehead atoms. The fourth-order valence-corrected chi connectivity index (χ4v) is 2.25. The zero-order valence-electron chi connectivity index (χ0n) is 13.3. The number of nitrogen functional groups attached to an aromatic ring is 1. The Hall–Kier alpha value is -3.76. The van der Waals surface area contributed by atoms with Gasteiger partial charge in [0.15, 0.2) is 0 Å². The second-order valence-corrected chi connectivity index (χ2v) is 5.25. The summed E-state index contributed by atoms with van der Waals surface area (Å²) in [4.78, 5) is 24.4. The van der Waals surface area contributed by atoms with Crippen molar-refractivity contribution >= 4 is 11.8 Å². The Morgan fingerprint density at radius 3 is 2.37 bits per heavy atom. The van der Waals surface area contributed by atoms with E-state index < -0.39 is 41.0 Å². The molecule has 3 aromatic rings. The summed E-state index contributed by atoms with van der Waals surface area (Å²) in [5.41, 5.74) is 3.74. The minimum Gasteiger partial charge on any atom is -0.492 e. The summed E-state index contributed by atoms with van der Waals surface area (Å²) in [5, 5.41) is 18.9. The number of aromatic nitrogens is 3. The highest BCUT2D eigenvalue weighted by atomic mass is 19.4. The van der Waals surface area contributed by atoms with E-state index >= 15 is 0 Å². The summed E-state index contributed by atoms with van der Waals surface area (Å²) in [6.07, 6.45) is -3.48. The topological polar surface area (TPSA) is 123 Å². The number of carbonyl (C=O) groups excluding carboxylic acids is 1. The Bertz CT molecular complexity index is 998. The van der Waals surface area contributed by atoms with Crippen molar-refractivity contribution in [3.8, 4) is 23.1 Å². The molecule has 0 saturated carbocycles. The smallest absolute Gasteiger partial charge is 0.418 e. The fraction of sp³-hybridized carbons (Fsp3) is 0.0625. The van der Waals surface area contributed by atoms with Crippen LogP contribution >= 0.6 is 0 Å². The van der Waals surface area contributed by atoms with E-state index in [2.05, 4.69) is 9.97 Å². The van der Waals surface area contributed by atoms with Crippen LogP contribution in [0.15, 0.2) is 42.6 Å². The highest BCUT2D eigenvalue weighted by Gasteiger charge is 2.34. The molecule has 0 radical (unpaired) electrons. The molecular formula is C16H11F3N4O4. The lowest BCUT2D eigenvalue weighted by Gasteiger charge is -2.12. The van der Waals surface area contributed by atoms with Crippen molar-refractivity contribution in [3.63, 3.8) is 0 Å². The first kappa shape index (κ1) is 18.0. The van der Waals surface area contributed by atoms with Crippen molar-refractivity contribution < 1.29 is 33.0 Å². The van der Waals surface area contributed by atoms with Gasteiger partial charge in [-0.25, -0.2) is 9.78 Å². The SMILES string of the molecule is Nc1nc(-c2ncccc2C(F)(F)F)ccc1C(=O)On1c(O)ccc1O. The molecule has 0 saturated heterocycles. The van der Waals surface area contributed by atoms with Gasteiger partial charge in [-0.15, -0.1) is 4.73 Å². The first-order valence-corrected chi connectivity index (χ1v) is 7.30. The lowest BCUT2D eigenvalue weighted by Crippen LogP contribution is -2.21. The Morgan fingerprint density at radius 1 is 1.11 bits per heavy atom. The number of hydrogen-bond donors (Lipinski definition) is 3. The molecule has 8 nitrogen and oxygen atoms in total. The van der Waals surface area contributed by atoms with Gasteiger partial charge in [0.05, 0.1) is 11.3 Å². The first-order chi connectivity index (χ1) is 12.7. The van der Waals surface area contributed by atoms with Crippen LogP contribution in [0.5, 0.6) is 11.8 Å². The number of nitrogens with two attached hydrogens (primary N) is 1. The molecule has 0 unspecified atom stereocenters. The van der Waals surface area contributed by atoms with Crippen LogP contribution in [0, 0.1) is 0 Å². The van der Waals surface area contributed by atoms with E-state index in [9.17, 15) is 28.2 Å². The molecule has 0 aliphatic rings. The van der Waals surface area contributed by atoms with Crippen LogP contribution in [-0.4, -0.2) is 30.9 Å². The first-order valence-electron chi connectivity index (χ1n) is 7.30. The van der Waals surface area contributed by atoms with Gasteiger partial charge in [-0.2, -0.15) is 13.2 Å². The summed E-state index contributed by atoms with van der Waals surface area (Å²) < 4.78 is 39.8. The van der Waals surface area contributed by atoms with Crippen LogP contribution in [0.25, 0.3) is 11.4 Å². The van der Waals surface area contributed by atoms with Crippen LogP contribution in [0.4, 0.5) is 19.0 Å². The van der Waals surface area contributed by atoms with Crippen LogP contribution in [0.1, 0.15) is 15.9 Å². The van der Waals surface area contributed by atoms with Crippen molar-refractivity contribution in [1.29, 1.82) is 0 Å². The molecule has 11 heteroatoms. The van der Waals surface area contributed by atoms with E-state index in [0.29, 0.717) is 4.73 Å². The predicted molar refractivity (Wildman–Crippen MR) is 85.6 cm³/mol. The quantitative estimate of drug-likeness (QED) is 0.637. The lowest BCUT2D eigenvalue weighted by atomic mass is 10.1. The number of hydrogen-bond acceptors (Lipinski definition) is 7. The number of pyridine rings is 2. The largest absolute Gasteiger partial charge is 0.492 e. The normalized spacial score (nSPS) is 11.4. The van der Waals surface area contributed by atoms with Gasteiger partial charge >= 0.3 is 12.1 Å². The average Bonchev–Trinajstić information content (AvgIpc) is 2.92. The number of anilines is 1. The summed E-state index contributed by atoms with van der Waals surface area (Å²) in [5.74, 6) is -2.60. The fourth-order valence-electron chi connectivity index (χ4n) is 2.25. The maximum Gasteiger partial charge on any atom is 0.418 e. The zero-order chi connectivity index (χ0) is 19.8. The van der Waals surface area contributed by atoms with Gasteiger partial charge < -0.3 is 20.8 Å². The van der Waals surface area contributed by atoms with Gasteiger partial charge in [-0.05, 0) is 24.3 Å². The van der Waals surface area contributed by atoms with E-state index in [0.717, 1.165) is 36.4 Å². The minimum absolute atomic E-state index is 0.191. The summed E-state index contributed by atoms with van der Waals surface area (Å²) >= 11 is 0. The van der Waals surface area contributed by atoms with Gasteiger partial charge in [0.25, 0.3) is 0 Å². The van der Waals surface area contributed by atoms with Gasteiger partial charge in [0.1, 0.15) is 17.1 Å². The molecule has 3 aromatic heterocycles. The van der Waals surface area contributed by atoms with E-state index in [-0.39, 0.29) is 11.3 Å². The molecule has 0 aliphatic heterocycles. The Balaban J connectivity index is 1.95. The van der Waals surface area contributed by atoms with Crippen molar-refractivity contribution in [1.82, 2.24) is 14.7 Å². The van der Waals surface area contributed by atoms with Gasteiger partial charge in [-0.1, -0.05) is 0 Å². The maximum absolute atomic E-state index is 13.1. The van der Waals surface area contributed by atoms with Crippen molar-refractivity contribution in [3.05, 3.63) is 53.7 Å². The van der Waals surface area contributed by atoms with E-state index in [1.165, 1.54) is 6.20 Å². The Labute approximate surface area is 149 Å². The standard InChI is InChI=1S/C16H11F3N4O4/c17-16(18,19)9-2-1-7-21-13(9)10-4-3-8(14(20)22-10)15(26)27-23-11(24)5-6-12(23)25/h1-7,24-25H,(H2,20,22). The molecule has 0 atom stereocenters. The van der Waals surface area contributed by atoms with Crippen LogP contribution in [-0.2, 0) is 6.18 Å². The monoisotopic (exact) mass is 380 g/mol. The third-order valence-corrected chi connectivity index (χ3v) is 3.47. The van der Waals surface area contributed by atoms with Gasteiger partial charge in [-0.3, -0.25) is 4.98 Å². The summed E-state index contributed by atoms with van der Waals surface area (Å²) in [6, 6.07) is 6.36. The zero-order valence-corrected chi connectivity index (χ0v) is 13.3. The maximum atomic E-state index is 13.1. The molecule has 4 N–H and O–H groups in total. The molecular weight excluding hydrogens is 369 g/mol. The second kappa shape index (κ2) is 6.52. The van der Waals surface area contributed by atoms with Gasteiger partial charge in [0, 0.05) is 18.3 Å². The molecule has 0 spiro atoms. The predicted octanol–water partition coefficient (Wildman–Crippen LogP) is 2.23. The molecule has 140 valence electrons. The van der Waals surface area contributed by atoms with Crippen molar-refractivity contribution in [2.75, 3.05) is 5.73 Å². The van der Waals surface area contributed by atoms with Crippen molar-refractivity contribution in [2.45, 2.75) is 6.18 Å². The number of aromatic hydroxyl groups is 2.